The second-order valence-corrected chi connectivity index (χ2v) is 8.34. The molecule has 1 fully saturated rings. The van der Waals surface area contributed by atoms with Crippen molar-refractivity contribution in [2.45, 2.75) is 19.5 Å². The molecule has 1 N–H and O–H groups in total. The van der Waals surface area contributed by atoms with E-state index in [1.807, 2.05) is 61.7 Å². The molecule has 0 radical (unpaired) electrons. The Balaban J connectivity index is 1.17. The van der Waals surface area contributed by atoms with Crippen molar-refractivity contribution in [1.29, 1.82) is 0 Å². The monoisotopic (exact) mass is 445 g/mol. The van der Waals surface area contributed by atoms with Crippen molar-refractivity contribution < 1.29 is 14.1 Å². The van der Waals surface area contributed by atoms with Crippen molar-refractivity contribution in [3.8, 4) is 17.1 Å². The number of nitrogens with one attached hydrogen (secondary N) is 1. The Labute approximate surface area is 192 Å². The normalized spacial score (nSPS) is 16.2. The Morgan fingerprint density at radius 1 is 1.12 bits per heavy atom. The molecule has 8 nitrogen and oxygen atoms in total. The van der Waals surface area contributed by atoms with Crippen LogP contribution in [0.4, 0.5) is 0 Å². The predicted molar refractivity (Wildman–Crippen MR) is 125 cm³/mol. The molecule has 2 aromatic heterocycles. The summed E-state index contributed by atoms with van der Waals surface area (Å²) in [6, 6.07) is 15.3. The molecule has 0 amide bonds. The van der Waals surface area contributed by atoms with Crippen molar-refractivity contribution in [2.24, 2.45) is 0 Å². The number of aromatic nitrogens is 3. The van der Waals surface area contributed by atoms with E-state index < -0.39 is 0 Å². The van der Waals surface area contributed by atoms with Gasteiger partial charge in [-0.15, -0.1) is 0 Å². The lowest BCUT2D eigenvalue weighted by Crippen LogP contribution is -2.51. The first-order chi connectivity index (χ1) is 16.1. The van der Waals surface area contributed by atoms with Gasteiger partial charge in [0.25, 0.3) is 0 Å². The highest BCUT2D eigenvalue weighted by Gasteiger charge is 2.28. The summed E-state index contributed by atoms with van der Waals surface area (Å²) in [5.74, 6) is 2.11. The van der Waals surface area contributed by atoms with Gasteiger partial charge in [-0.25, -0.2) is 0 Å². The van der Waals surface area contributed by atoms with Crippen LogP contribution in [0.25, 0.3) is 22.3 Å². The van der Waals surface area contributed by atoms with E-state index in [1.165, 1.54) is 0 Å². The Kier molecular flexibility index (Phi) is 5.93. The van der Waals surface area contributed by atoms with E-state index in [-0.39, 0.29) is 11.8 Å². The molecule has 5 rings (SSSR count). The molecular formula is C25H27N5O3. The van der Waals surface area contributed by atoms with Crippen LogP contribution in [-0.4, -0.2) is 70.0 Å². The first-order valence-corrected chi connectivity index (χ1v) is 11.2. The van der Waals surface area contributed by atoms with E-state index in [0.29, 0.717) is 18.3 Å². The lowest BCUT2D eigenvalue weighted by molar-refractivity contribution is 0.0666. The zero-order valence-electron chi connectivity index (χ0n) is 18.8. The van der Waals surface area contributed by atoms with Crippen LogP contribution >= 0.6 is 0 Å². The number of aromatic amines is 1. The fourth-order valence-electron chi connectivity index (χ4n) is 4.34. The minimum absolute atomic E-state index is 0.155. The SMILES string of the molecule is COc1ccc(-c2noc(CN3CCN([C@H](C)C(=O)c4c[nH]c5ccccc45)CC3)n2)cc1. The molecule has 170 valence electrons. The van der Waals surface area contributed by atoms with Gasteiger partial charge in [-0.05, 0) is 37.3 Å². The molecule has 1 aliphatic rings. The number of carbonyl (C=O) groups is 1. The van der Waals surface area contributed by atoms with Crippen LogP contribution in [0.15, 0.2) is 59.3 Å². The summed E-state index contributed by atoms with van der Waals surface area (Å²) in [5, 5.41) is 5.10. The number of para-hydroxylation sites is 1. The average Bonchev–Trinajstić information content (AvgIpc) is 3.51. The summed E-state index contributed by atoms with van der Waals surface area (Å²) in [5.41, 5.74) is 2.64. The number of nitrogens with zero attached hydrogens (tertiary/aromatic N) is 4. The van der Waals surface area contributed by atoms with Crippen molar-refractivity contribution in [3.63, 3.8) is 0 Å². The van der Waals surface area contributed by atoms with Gasteiger partial charge in [0.2, 0.25) is 11.7 Å². The highest BCUT2D eigenvalue weighted by atomic mass is 16.5. The van der Waals surface area contributed by atoms with Gasteiger partial charge >= 0.3 is 0 Å². The van der Waals surface area contributed by atoms with Gasteiger partial charge in [0.05, 0.1) is 19.7 Å². The van der Waals surface area contributed by atoms with Crippen molar-refractivity contribution in [3.05, 3.63) is 66.2 Å². The Morgan fingerprint density at radius 2 is 1.88 bits per heavy atom. The summed E-state index contributed by atoms with van der Waals surface area (Å²) in [6.07, 6.45) is 1.83. The first-order valence-electron chi connectivity index (χ1n) is 11.2. The van der Waals surface area contributed by atoms with Crippen LogP contribution in [0.1, 0.15) is 23.2 Å². The fraction of sp³-hybridized carbons (Fsp3) is 0.320. The number of methoxy groups -OCH3 is 1. The molecule has 0 aliphatic carbocycles. The third-order valence-electron chi connectivity index (χ3n) is 6.36. The number of ether oxygens (including phenoxy) is 1. The minimum atomic E-state index is -0.170. The fourth-order valence-corrected chi connectivity index (χ4v) is 4.34. The zero-order valence-corrected chi connectivity index (χ0v) is 18.8. The minimum Gasteiger partial charge on any atom is -0.497 e. The lowest BCUT2D eigenvalue weighted by Gasteiger charge is -2.36. The number of carbonyl (C=O) groups excluding carboxylic acids is 1. The molecule has 8 heteroatoms. The number of ketones is 1. The number of hydrogen-bond acceptors (Lipinski definition) is 7. The quantitative estimate of drug-likeness (QED) is 0.435. The predicted octanol–water partition coefficient (Wildman–Crippen LogP) is 3.62. The Bertz CT molecular complexity index is 1240. The average molecular weight is 446 g/mol. The third-order valence-corrected chi connectivity index (χ3v) is 6.36. The molecular weight excluding hydrogens is 418 g/mol. The van der Waals surface area contributed by atoms with E-state index in [0.717, 1.165) is 54.0 Å². The number of piperazine rings is 1. The summed E-state index contributed by atoms with van der Waals surface area (Å²) in [7, 11) is 1.64. The molecule has 2 aromatic carbocycles. The molecule has 0 bridgehead atoms. The Morgan fingerprint density at radius 3 is 2.64 bits per heavy atom. The van der Waals surface area contributed by atoms with Crippen LogP contribution < -0.4 is 4.74 Å². The van der Waals surface area contributed by atoms with Crippen LogP contribution in [-0.2, 0) is 6.54 Å². The molecule has 1 atom stereocenters. The van der Waals surface area contributed by atoms with E-state index in [1.54, 1.807) is 7.11 Å². The number of Topliss-reactive ketones (excluding diaryl/α,β-unsaturated/α-hetero) is 1. The maximum absolute atomic E-state index is 13.2. The molecule has 0 unspecified atom stereocenters. The third kappa shape index (κ3) is 4.40. The van der Waals surface area contributed by atoms with E-state index in [2.05, 4.69) is 24.9 Å². The molecule has 33 heavy (non-hydrogen) atoms. The van der Waals surface area contributed by atoms with E-state index >= 15 is 0 Å². The number of rotatable bonds is 7. The van der Waals surface area contributed by atoms with E-state index in [4.69, 9.17) is 9.26 Å². The van der Waals surface area contributed by atoms with Gasteiger partial charge in [0.15, 0.2) is 5.78 Å². The smallest absolute Gasteiger partial charge is 0.241 e. The molecule has 1 saturated heterocycles. The van der Waals surface area contributed by atoms with Gasteiger partial charge in [-0.1, -0.05) is 23.4 Å². The highest BCUT2D eigenvalue weighted by molar-refractivity contribution is 6.10. The second-order valence-electron chi connectivity index (χ2n) is 8.34. The number of benzene rings is 2. The van der Waals surface area contributed by atoms with Crippen molar-refractivity contribution in [2.75, 3.05) is 33.3 Å². The first kappa shape index (κ1) is 21.4. The highest BCUT2D eigenvalue weighted by Crippen LogP contribution is 2.22. The van der Waals surface area contributed by atoms with Crippen LogP contribution in [0, 0.1) is 0 Å². The maximum Gasteiger partial charge on any atom is 0.241 e. The standard InChI is InChI=1S/C25H27N5O3/c1-17(24(31)21-15-26-22-6-4-3-5-20(21)22)30-13-11-29(12-14-30)16-23-27-25(28-33-23)18-7-9-19(32-2)10-8-18/h3-10,15,17,26H,11-14,16H2,1-2H3/t17-/m1/s1. The molecule has 0 spiro atoms. The Hall–Kier alpha value is -3.49. The zero-order chi connectivity index (χ0) is 22.8. The topological polar surface area (TPSA) is 87.5 Å². The summed E-state index contributed by atoms with van der Waals surface area (Å²) in [6.45, 7) is 5.90. The largest absolute Gasteiger partial charge is 0.497 e. The van der Waals surface area contributed by atoms with Crippen molar-refractivity contribution >= 4 is 16.7 Å². The van der Waals surface area contributed by atoms with Gasteiger partial charge < -0.3 is 14.2 Å². The molecule has 1 aliphatic heterocycles. The van der Waals surface area contributed by atoms with Crippen LogP contribution in [0.5, 0.6) is 5.75 Å². The van der Waals surface area contributed by atoms with Crippen LogP contribution in [0.3, 0.4) is 0 Å². The van der Waals surface area contributed by atoms with Gasteiger partial charge in [0.1, 0.15) is 5.75 Å². The van der Waals surface area contributed by atoms with E-state index in [9.17, 15) is 4.79 Å². The second kappa shape index (κ2) is 9.17. The van der Waals surface area contributed by atoms with Gasteiger partial charge in [-0.3, -0.25) is 14.6 Å². The molecule has 3 heterocycles. The lowest BCUT2D eigenvalue weighted by atomic mass is 10.0. The number of H-pyrrole nitrogens is 1. The molecule has 4 aromatic rings. The number of fused-ring (bicyclic) bond motifs is 1. The van der Waals surface area contributed by atoms with Crippen LogP contribution in [0.2, 0.25) is 0 Å². The summed E-state index contributed by atoms with van der Waals surface area (Å²) in [4.78, 5) is 25.4. The maximum atomic E-state index is 13.2. The summed E-state index contributed by atoms with van der Waals surface area (Å²) >= 11 is 0. The van der Waals surface area contributed by atoms with Gasteiger partial charge in [0, 0.05) is 54.4 Å². The number of hydrogen-bond donors (Lipinski definition) is 1. The molecule has 0 saturated carbocycles. The van der Waals surface area contributed by atoms with Gasteiger partial charge in [-0.2, -0.15) is 4.98 Å². The summed E-state index contributed by atoms with van der Waals surface area (Å²) < 4.78 is 10.7. The van der Waals surface area contributed by atoms with Crippen molar-refractivity contribution in [1.82, 2.24) is 24.9 Å².